The lowest BCUT2D eigenvalue weighted by atomic mass is 10.2. The maximum Gasteiger partial charge on any atom is 0.356 e. The third kappa shape index (κ3) is 2.32. The molecule has 2 atom stereocenters. The van der Waals surface area contributed by atoms with E-state index in [2.05, 4.69) is 15.0 Å². The van der Waals surface area contributed by atoms with Crippen molar-refractivity contribution in [1.82, 2.24) is 14.6 Å². The lowest BCUT2D eigenvalue weighted by Crippen LogP contribution is -2.45. The number of rotatable bonds is 2. The van der Waals surface area contributed by atoms with Crippen LogP contribution in [0.1, 0.15) is 24.3 Å². The average Bonchev–Trinajstić information content (AvgIpc) is 2.80. The Morgan fingerprint density at radius 1 is 1.40 bits per heavy atom. The predicted octanol–water partition coefficient (Wildman–Crippen LogP) is 1.04. The molecule has 1 aliphatic heterocycles. The first-order valence-electron chi connectivity index (χ1n) is 6.53. The minimum atomic E-state index is -1.05. The monoisotopic (exact) mass is 276 g/mol. The van der Waals surface area contributed by atoms with Crippen molar-refractivity contribution in [2.24, 2.45) is 0 Å². The molecule has 0 aliphatic carbocycles. The zero-order valence-corrected chi connectivity index (χ0v) is 11.4. The molecule has 1 fully saturated rings. The topological polar surface area (TPSA) is 80.0 Å². The molecule has 7 nitrogen and oxygen atoms in total. The molecule has 1 N–H and O–H groups in total. The summed E-state index contributed by atoms with van der Waals surface area (Å²) in [6, 6.07) is 3.32. The van der Waals surface area contributed by atoms with Gasteiger partial charge in [-0.1, -0.05) is 0 Å². The van der Waals surface area contributed by atoms with Gasteiger partial charge in [0.25, 0.3) is 0 Å². The summed E-state index contributed by atoms with van der Waals surface area (Å²) < 4.78 is 7.17. The number of carboxylic acid groups (broad SMARTS) is 1. The van der Waals surface area contributed by atoms with E-state index >= 15 is 0 Å². The Balaban J connectivity index is 1.94. The fourth-order valence-electron chi connectivity index (χ4n) is 2.52. The van der Waals surface area contributed by atoms with Gasteiger partial charge >= 0.3 is 5.97 Å². The highest BCUT2D eigenvalue weighted by atomic mass is 16.5. The number of aromatic nitrogens is 3. The molecule has 3 rings (SSSR count). The van der Waals surface area contributed by atoms with Gasteiger partial charge in [-0.25, -0.2) is 14.3 Å². The molecule has 20 heavy (non-hydrogen) atoms. The maximum atomic E-state index is 10.9. The first-order valence-corrected chi connectivity index (χ1v) is 6.53. The van der Waals surface area contributed by atoms with E-state index in [0.29, 0.717) is 5.65 Å². The van der Waals surface area contributed by atoms with E-state index < -0.39 is 5.97 Å². The highest BCUT2D eigenvalue weighted by molar-refractivity contribution is 5.86. The van der Waals surface area contributed by atoms with Crippen molar-refractivity contribution in [3.8, 4) is 0 Å². The van der Waals surface area contributed by atoms with Crippen molar-refractivity contribution in [3.05, 3.63) is 24.0 Å². The van der Waals surface area contributed by atoms with E-state index in [1.54, 1.807) is 6.20 Å². The van der Waals surface area contributed by atoms with Crippen LogP contribution < -0.4 is 4.90 Å². The van der Waals surface area contributed by atoms with Crippen molar-refractivity contribution in [1.29, 1.82) is 0 Å². The molecule has 106 valence electrons. The van der Waals surface area contributed by atoms with Gasteiger partial charge in [0.15, 0.2) is 11.3 Å². The second-order valence-corrected chi connectivity index (χ2v) is 5.09. The number of fused-ring (bicyclic) bond motifs is 1. The Hall–Kier alpha value is -2.15. The number of aromatic carboxylic acids is 1. The van der Waals surface area contributed by atoms with Gasteiger partial charge in [0.1, 0.15) is 5.82 Å². The Morgan fingerprint density at radius 2 is 2.10 bits per heavy atom. The van der Waals surface area contributed by atoms with Crippen LogP contribution in [0.15, 0.2) is 18.3 Å². The van der Waals surface area contributed by atoms with Crippen molar-refractivity contribution in [3.63, 3.8) is 0 Å². The third-order valence-corrected chi connectivity index (χ3v) is 3.27. The molecular weight excluding hydrogens is 260 g/mol. The number of hydrogen-bond donors (Lipinski definition) is 1. The zero-order chi connectivity index (χ0) is 14.3. The van der Waals surface area contributed by atoms with Crippen LogP contribution in [-0.2, 0) is 4.74 Å². The van der Waals surface area contributed by atoms with E-state index in [0.717, 1.165) is 18.9 Å². The van der Waals surface area contributed by atoms with Crippen LogP contribution in [0.25, 0.3) is 5.65 Å². The summed E-state index contributed by atoms with van der Waals surface area (Å²) in [5.41, 5.74) is 0.532. The van der Waals surface area contributed by atoms with E-state index in [-0.39, 0.29) is 17.9 Å². The quantitative estimate of drug-likeness (QED) is 0.883. The molecule has 1 saturated heterocycles. The molecule has 0 aromatic carbocycles. The molecule has 0 unspecified atom stereocenters. The average molecular weight is 276 g/mol. The summed E-state index contributed by atoms with van der Waals surface area (Å²) >= 11 is 0. The number of ether oxygens (including phenoxy) is 1. The molecule has 0 spiro atoms. The van der Waals surface area contributed by atoms with Gasteiger partial charge in [-0.3, -0.25) is 0 Å². The molecule has 0 radical (unpaired) electrons. The number of morpholine rings is 1. The molecule has 7 heteroatoms. The number of hydrogen-bond acceptors (Lipinski definition) is 5. The van der Waals surface area contributed by atoms with Crippen molar-refractivity contribution >= 4 is 17.4 Å². The summed E-state index contributed by atoms with van der Waals surface area (Å²) in [7, 11) is 0. The highest BCUT2D eigenvalue weighted by Gasteiger charge is 2.23. The molecule has 2 aromatic rings. The van der Waals surface area contributed by atoms with E-state index in [1.807, 2.05) is 19.9 Å². The minimum absolute atomic E-state index is 0.00152. The molecular formula is C13H16N4O3. The van der Waals surface area contributed by atoms with Gasteiger partial charge < -0.3 is 14.7 Å². The number of carboxylic acids is 1. The van der Waals surface area contributed by atoms with E-state index in [4.69, 9.17) is 9.84 Å². The summed E-state index contributed by atoms with van der Waals surface area (Å²) in [6.07, 6.45) is 2.03. The summed E-state index contributed by atoms with van der Waals surface area (Å²) in [4.78, 5) is 17.5. The minimum Gasteiger partial charge on any atom is -0.476 e. The molecule has 2 aromatic heterocycles. The fraction of sp³-hybridized carbons (Fsp3) is 0.462. The highest BCUT2D eigenvalue weighted by Crippen LogP contribution is 2.19. The third-order valence-electron chi connectivity index (χ3n) is 3.27. The number of nitrogens with zero attached hydrogens (tertiary/aromatic N) is 4. The molecule has 0 amide bonds. The smallest absolute Gasteiger partial charge is 0.356 e. The van der Waals surface area contributed by atoms with Gasteiger partial charge in [-0.2, -0.15) is 5.10 Å². The van der Waals surface area contributed by atoms with Gasteiger partial charge in [0.05, 0.1) is 12.2 Å². The van der Waals surface area contributed by atoms with Crippen LogP contribution in [0, 0.1) is 0 Å². The predicted molar refractivity (Wildman–Crippen MR) is 72.2 cm³/mol. The number of carbonyl (C=O) groups is 1. The SMILES string of the molecule is C[C@@H]1CN(c2ccn3nc(C(=O)O)cc3n2)C[C@@H](C)O1. The van der Waals surface area contributed by atoms with Gasteiger partial charge in [-0.05, 0) is 19.9 Å². The second kappa shape index (κ2) is 4.75. The van der Waals surface area contributed by atoms with Crippen LogP contribution in [0.4, 0.5) is 5.82 Å². The Kier molecular flexibility index (Phi) is 3.06. The zero-order valence-electron chi connectivity index (χ0n) is 11.4. The van der Waals surface area contributed by atoms with Crippen LogP contribution in [0.2, 0.25) is 0 Å². The summed E-state index contributed by atoms with van der Waals surface area (Å²) in [6.45, 7) is 5.60. The summed E-state index contributed by atoms with van der Waals surface area (Å²) in [5, 5.41) is 12.9. The standard InChI is InChI=1S/C13H16N4O3/c1-8-6-16(7-9(2)20-8)11-3-4-17-12(14-11)5-10(15-17)13(18)19/h3-5,8-9H,6-7H2,1-2H3,(H,18,19)/t8-,9-/m1/s1. The Bertz CT molecular complexity index is 644. The van der Waals surface area contributed by atoms with E-state index in [9.17, 15) is 4.79 Å². The molecule has 3 heterocycles. The molecule has 0 saturated carbocycles. The van der Waals surface area contributed by atoms with Crippen LogP contribution in [-0.4, -0.2) is 51.0 Å². The first-order chi connectivity index (χ1) is 9.52. The van der Waals surface area contributed by atoms with Crippen LogP contribution in [0.3, 0.4) is 0 Å². The fourth-order valence-corrected chi connectivity index (χ4v) is 2.52. The largest absolute Gasteiger partial charge is 0.476 e. The lowest BCUT2D eigenvalue weighted by molar-refractivity contribution is -0.00545. The van der Waals surface area contributed by atoms with Gasteiger partial charge in [0, 0.05) is 25.4 Å². The maximum absolute atomic E-state index is 10.9. The van der Waals surface area contributed by atoms with Crippen molar-refractivity contribution in [2.75, 3.05) is 18.0 Å². The number of anilines is 1. The second-order valence-electron chi connectivity index (χ2n) is 5.09. The van der Waals surface area contributed by atoms with Gasteiger partial charge in [0.2, 0.25) is 0 Å². The van der Waals surface area contributed by atoms with Crippen LogP contribution >= 0.6 is 0 Å². The summed E-state index contributed by atoms with van der Waals surface area (Å²) in [5.74, 6) is -0.234. The van der Waals surface area contributed by atoms with Crippen molar-refractivity contribution in [2.45, 2.75) is 26.1 Å². The normalized spacial score (nSPS) is 23.2. The van der Waals surface area contributed by atoms with Crippen molar-refractivity contribution < 1.29 is 14.6 Å². The Morgan fingerprint density at radius 3 is 2.75 bits per heavy atom. The Labute approximate surface area is 115 Å². The molecule has 0 bridgehead atoms. The van der Waals surface area contributed by atoms with Gasteiger partial charge in [-0.15, -0.1) is 0 Å². The van der Waals surface area contributed by atoms with Crippen LogP contribution in [0.5, 0.6) is 0 Å². The van der Waals surface area contributed by atoms with E-state index in [1.165, 1.54) is 10.6 Å². The molecule has 1 aliphatic rings. The lowest BCUT2D eigenvalue weighted by Gasteiger charge is -2.36. The first kappa shape index (κ1) is 12.9.